The number of methoxy groups -OCH3 is 1. The summed E-state index contributed by atoms with van der Waals surface area (Å²) in [7, 11) is 1.48. The molecule has 2 atom stereocenters. The number of carbonyl (C=O) groups excluding carboxylic acids is 1. The van der Waals surface area contributed by atoms with Crippen molar-refractivity contribution in [2.75, 3.05) is 13.7 Å². The molecule has 156 valence electrons. The molecule has 4 nitrogen and oxygen atoms in total. The maximum Gasteiger partial charge on any atom is 0.573 e. The lowest BCUT2D eigenvalue weighted by atomic mass is 9.85. The Morgan fingerprint density at radius 3 is 2.41 bits per heavy atom. The van der Waals surface area contributed by atoms with Crippen molar-refractivity contribution < 1.29 is 27.4 Å². The van der Waals surface area contributed by atoms with Crippen LogP contribution in [0.4, 0.5) is 13.2 Å². The van der Waals surface area contributed by atoms with Crippen LogP contribution >= 0.6 is 0 Å². The molecule has 0 aliphatic heterocycles. The van der Waals surface area contributed by atoms with Crippen LogP contribution in [0.25, 0.3) is 0 Å². The lowest BCUT2D eigenvalue weighted by Crippen LogP contribution is -2.37. The Hall–Kier alpha value is -1.76. The molecular weight excluding hydrogens is 359 g/mol. The summed E-state index contributed by atoms with van der Waals surface area (Å²) in [5.74, 6) is -0.440. The second kappa shape index (κ2) is 13.4. The number of carbonyl (C=O) groups is 1. The van der Waals surface area contributed by atoms with Crippen LogP contribution in [-0.2, 0) is 14.3 Å². The van der Waals surface area contributed by atoms with Gasteiger partial charge in [0.25, 0.3) is 0 Å². The van der Waals surface area contributed by atoms with E-state index < -0.39 is 12.1 Å². The maximum absolute atomic E-state index is 11.5. The Balaban J connectivity index is 0.000000636. The van der Waals surface area contributed by atoms with Crippen LogP contribution in [0.3, 0.4) is 0 Å². The largest absolute Gasteiger partial charge is 0.573 e. The minimum absolute atomic E-state index is 0.0404. The van der Waals surface area contributed by atoms with E-state index >= 15 is 0 Å². The number of rotatable bonds is 8. The quantitative estimate of drug-likeness (QED) is 0.265. The highest BCUT2D eigenvalue weighted by molar-refractivity contribution is 5.72. The first-order valence-corrected chi connectivity index (χ1v) is 9.22. The second-order valence-electron chi connectivity index (χ2n) is 6.31. The molecule has 2 unspecified atom stereocenters. The number of esters is 1. The first-order chi connectivity index (χ1) is 12.7. The SMILES string of the molecule is C=CC(=C)OC(F)(F)F.CC/C=C(\CC)CNC1CCCC(C(=O)OC)C1. The number of alkyl halides is 3. The fourth-order valence-electron chi connectivity index (χ4n) is 2.85. The van der Waals surface area contributed by atoms with E-state index in [-0.39, 0.29) is 11.9 Å². The van der Waals surface area contributed by atoms with Crippen LogP contribution in [0.5, 0.6) is 0 Å². The van der Waals surface area contributed by atoms with Crippen molar-refractivity contribution in [3.8, 4) is 0 Å². The average Bonchev–Trinajstić information content (AvgIpc) is 2.63. The number of hydrogen-bond donors (Lipinski definition) is 1. The van der Waals surface area contributed by atoms with Gasteiger partial charge in [0.1, 0.15) is 5.76 Å². The van der Waals surface area contributed by atoms with Crippen LogP contribution in [0.1, 0.15) is 52.4 Å². The molecule has 1 aliphatic carbocycles. The number of ether oxygens (including phenoxy) is 2. The van der Waals surface area contributed by atoms with Crippen LogP contribution in [-0.4, -0.2) is 32.0 Å². The molecule has 27 heavy (non-hydrogen) atoms. The van der Waals surface area contributed by atoms with Gasteiger partial charge in [0.2, 0.25) is 0 Å². The van der Waals surface area contributed by atoms with Gasteiger partial charge in [0.05, 0.1) is 13.0 Å². The van der Waals surface area contributed by atoms with Gasteiger partial charge in [-0.1, -0.05) is 45.1 Å². The zero-order chi connectivity index (χ0) is 20.9. The van der Waals surface area contributed by atoms with Crippen molar-refractivity contribution in [3.63, 3.8) is 0 Å². The van der Waals surface area contributed by atoms with Gasteiger partial charge in [-0.25, -0.2) is 0 Å². The second-order valence-corrected chi connectivity index (χ2v) is 6.31. The van der Waals surface area contributed by atoms with Gasteiger partial charge in [-0.2, -0.15) is 0 Å². The van der Waals surface area contributed by atoms with Gasteiger partial charge in [0, 0.05) is 12.6 Å². The summed E-state index contributed by atoms with van der Waals surface area (Å²) in [6.45, 7) is 11.2. The van der Waals surface area contributed by atoms with Crippen LogP contribution in [0, 0.1) is 5.92 Å². The number of hydrogen-bond acceptors (Lipinski definition) is 4. The molecular formula is C20H32F3NO3. The minimum Gasteiger partial charge on any atom is -0.469 e. The van der Waals surface area contributed by atoms with Gasteiger partial charge < -0.3 is 14.8 Å². The highest BCUT2D eigenvalue weighted by Crippen LogP contribution is 2.25. The topological polar surface area (TPSA) is 47.6 Å². The summed E-state index contributed by atoms with van der Waals surface area (Å²) >= 11 is 0. The number of allylic oxidation sites excluding steroid dienone is 2. The highest BCUT2D eigenvalue weighted by Gasteiger charge is 2.30. The maximum atomic E-state index is 11.5. The van der Waals surface area contributed by atoms with Crippen LogP contribution in [0.15, 0.2) is 36.6 Å². The molecule has 0 aromatic heterocycles. The van der Waals surface area contributed by atoms with Crippen molar-refractivity contribution in [1.82, 2.24) is 5.32 Å². The monoisotopic (exact) mass is 391 g/mol. The van der Waals surface area contributed by atoms with Crippen molar-refractivity contribution in [2.45, 2.75) is 64.8 Å². The molecule has 0 radical (unpaired) electrons. The molecule has 1 rings (SSSR count). The van der Waals surface area contributed by atoms with E-state index in [2.05, 4.69) is 43.1 Å². The molecule has 0 aromatic carbocycles. The van der Waals surface area contributed by atoms with Gasteiger partial charge in [0.15, 0.2) is 0 Å². The third kappa shape index (κ3) is 12.3. The van der Waals surface area contributed by atoms with E-state index in [1.807, 2.05) is 0 Å². The van der Waals surface area contributed by atoms with Crippen molar-refractivity contribution in [3.05, 3.63) is 36.6 Å². The first kappa shape index (κ1) is 25.2. The van der Waals surface area contributed by atoms with Gasteiger partial charge >= 0.3 is 12.3 Å². The summed E-state index contributed by atoms with van der Waals surface area (Å²) in [5.41, 5.74) is 1.47. The molecule has 1 aliphatic rings. The third-order valence-electron chi connectivity index (χ3n) is 4.25. The lowest BCUT2D eigenvalue weighted by Gasteiger charge is -2.28. The van der Waals surface area contributed by atoms with Crippen molar-refractivity contribution in [2.24, 2.45) is 5.92 Å². The predicted molar refractivity (Wildman–Crippen MR) is 101 cm³/mol. The van der Waals surface area contributed by atoms with Crippen molar-refractivity contribution >= 4 is 5.97 Å². The smallest absolute Gasteiger partial charge is 0.469 e. The molecule has 0 amide bonds. The molecule has 0 bridgehead atoms. The first-order valence-electron chi connectivity index (χ1n) is 9.22. The van der Waals surface area contributed by atoms with Gasteiger partial charge in [-0.05, 0) is 38.2 Å². The highest BCUT2D eigenvalue weighted by atomic mass is 19.4. The average molecular weight is 391 g/mol. The molecule has 7 heteroatoms. The number of halogens is 3. The third-order valence-corrected chi connectivity index (χ3v) is 4.25. The normalized spacial score (nSPS) is 20.1. The summed E-state index contributed by atoms with van der Waals surface area (Å²) in [5, 5.41) is 3.59. The standard InChI is InChI=1S/C15H27NO2.C5H5F3O/c1-4-7-12(5-2)11-16-14-9-6-8-13(10-14)15(17)18-3;1-3-4(2)9-5(6,7)8/h7,13-14,16H,4-6,8-11H2,1-3H3;3H,1-2H2/b12-7+;. The molecule has 0 spiro atoms. The molecule has 0 heterocycles. The minimum atomic E-state index is -4.65. The fourth-order valence-corrected chi connectivity index (χ4v) is 2.85. The van der Waals surface area contributed by atoms with Gasteiger partial charge in [-0.3, -0.25) is 4.79 Å². The molecule has 1 N–H and O–H groups in total. The zero-order valence-corrected chi connectivity index (χ0v) is 16.5. The molecule has 1 saturated carbocycles. The van der Waals surface area contributed by atoms with E-state index in [1.54, 1.807) is 0 Å². The summed E-state index contributed by atoms with van der Waals surface area (Å²) in [4.78, 5) is 11.5. The van der Waals surface area contributed by atoms with E-state index in [1.165, 1.54) is 19.1 Å². The molecule has 1 fully saturated rings. The number of nitrogens with one attached hydrogen (secondary N) is 1. The van der Waals surface area contributed by atoms with E-state index in [0.717, 1.165) is 44.7 Å². The Bertz CT molecular complexity index is 501. The summed E-state index contributed by atoms with van der Waals surface area (Å²) in [6.07, 6.45) is 4.94. The molecule has 0 aromatic rings. The Labute approximate surface area is 160 Å². The van der Waals surface area contributed by atoms with E-state index in [0.29, 0.717) is 6.04 Å². The van der Waals surface area contributed by atoms with Gasteiger partial charge in [-0.15, -0.1) is 13.2 Å². The lowest BCUT2D eigenvalue weighted by molar-refractivity contribution is -0.303. The zero-order valence-electron chi connectivity index (χ0n) is 16.5. The van der Waals surface area contributed by atoms with Crippen LogP contribution < -0.4 is 5.32 Å². The van der Waals surface area contributed by atoms with E-state index in [4.69, 9.17) is 4.74 Å². The Kier molecular flexibility index (Phi) is 12.5. The molecule has 0 saturated heterocycles. The van der Waals surface area contributed by atoms with E-state index in [9.17, 15) is 18.0 Å². The Morgan fingerprint density at radius 1 is 1.30 bits per heavy atom. The predicted octanol–water partition coefficient (Wildman–Crippen LogP) is 5.28. The van der Waals surface area contributed by atoms with Crippen molar-refractivity contribution in [1.29, 1.82) is 0 Å². The Morgan fingerprint density at radius 2 is 1.96 bits per heavy atom. The fraction of sp³-hybridized carbons (Fsp3) is 0.650. The summed E-state index contributed by atoms with van der Waals surface area (Å²) < 4.78 is 41.6. The summed E-state index contributed by atoms with van der Waals surface area (Å²) in [6, 6.07) is 0.467. The van der Waals surface area contributed by atoms with Crippen LogP contribution in [0.2, 0.25) is 0 Å².